The Hall–Kier alpha value is -3.31. The van der Waals surface area contributed by atoms with Crippen molar-refractivity contribution in [1.29, 1.82) is 0 Å². The first-order valence-corrected chi connectivity index (χ1v) is 12.2. The maximum atomic E-state index is 5.36. The van der Waals surface area contributed by atoms with Gasteiger partial charge in [-0.1, -0.05) is 42.5 Å². The second-order valence-corrected chi connectivity index (χ2v) is 9.15. The SMILES string of the molecule is COc1ccc(CC2CSCc3c(-c4ccc(OC)cc4)nc(-c4ccccc4)nc32)cc1. The topological polar surface area (TPSA) is 44.2 Å². The van der Waals surface area contributed by atoms with E-state index in [9.17, 15) is 0 Å². The highest BCUT2D eigenvalue weighted by atomic mass is 32.2. The third kappa shape index (κ3) is 4.60. The molecule has 5 heteroatoms. The molecular formula is C28H26N2O2S. The zero-order valence-corrected chi connectivity index (χ0v) is 19.6. The van der Waals surface area contributed by atoms with Gasteiger partial charge in [0.1, 0.15) is 11.5 Å². The van der Waals surface area contributed by atoms with Gasteiger partial charge in [0.25, 0.3) is 0 Å². The van der Waals surface area contributed by atoms with Crippen molar-refractivity contribution in [1.82, 2.24) is 9.97 Å². The summed E-state index contributed by atoms with van der Waals surface area (Å²) in [5.74, 6) is 4.81. The molecule has 1 atom stereocenters. The summed E-state index contributed by atoms with van der Waals surface area (Å²) in [4.78, 5) is 10.2. The molecule has 1 aliphatic rings. The Morgan fingerprint density at radius 1 is 0.788 bits per heavy atom. The molecule has 0 fully saturated rings. The lowest BCUT2D eigenvalue weighted by atomic mass is 9.92. The lowest BCUT2D eigenvalue weighted by Gasteiger charge is -2.27. The van der Waals surface area contributed by atoms with Crippen LogP contribution in [0, 0.1) is 0 Å². The molecule has 166 valence electrons. The van der Waals surface area contributed by atoms with Crippen molar-refractivity contribution >= 4 is 11.8 Å². The van der Waals surface area contributed by atoms with Crippen LogP contribution in [-0.2, 0) is 12.2 Å². The van der Waals surface area contributed by atoms with Crippen molar-refractivity contribution in [2.45, 2.75) is 18.1 Å². The first-order valence-electron chi connectivity index (χ1n) is 11.1. The number of hydrogen-bond donors (Lipinski definition) is 0. The van der Waals surface area contributed by atoms with E-state index < -0.39 is 0 Å². The number of thioether (sulfide) groups is 1. The van der Waals surface area contributed by atoms with E-state index >= 15 is 0 Å². The summed E-state index contributed by atoms with van der Waals surface area (Å²) in [5.41, 5.74) is 6.86. The van der Waals surface area contributed by atoms with Crippen LogP contribution in [0.4, 0.5) is 0 Å². The molecule has 0 N–H and O–H groups in total. The minimum absolute atomic E-state index is 0.328. The molecule has 4 aromatic rings. The molecule has 0 spiro atoms. The fraction of sp³-hybridized carbons (Fsp3) is 0.214. The Kier molecular flexibility index (Phi) is 6.31. The lowest BCUT2D eigenvalue weighted by molar-refractivity contribution is 0.414. The lowest BCUT2D eigenvalue weighted by Crippen LogP contribution is -2.18. The van der Waals surface area contributed by atoms with Crippen LogP contribution < -0.4 is 9.47 Å². The summed E-state index contributed by atoms with van der Waals surface area (Å²) in [6, 6.07) is 26.8. The third-order valence-corrected chi connectivity index (χ3v) is 7.16. The van der Waals surface area contributed by atoms with Gasteiger partial charge in [-0.25, -0.2) is 9.97 Å². The summed E-state index contributed by atoms with van der Waals surface area (Å²) in [7, 11) is 3.39. The zero-order valence-electron chi connectivity index (χ0n) is 18.8. The maximum Gasteiger partial charge on any atom is 0.160 e. The third-order valence-electron chi connectivity index (χ3n) is 6.03. The molecule has 0 bridgehead atoms. The van der Waals surface area contributed by atoms with Gasteiger partial charge in [0, 0.05) is 34.1 Å². The van der Waals surface area contributed by atoms with Gasteiger partial charge in [-0.2, -0.15) is 11.8 Å². The van der Waals surface area contributed by atoms with Crippen molar-refractivity contribution < 1.29 is 9.47 Å². The van der Waals surface area contributed by atoms with E-state index in [1.807, 2.05) is 54.2 Å². The summed E-state index contributed by atoms with van der Waals surface area (Å²) < 4.78 is 10.7. The van der Waals surface area contributed by atoms with E-state index in [0.29, 0.717) is 5.92 Å². The zero-order chi connectivity index (χ0) is 22.6. The molecule has 2 heterocycles. The number of benzene rings is 3. The van der Waals surface area contributed by atoms with Crippen LogP contribution in [0.1, 0.15) is 22.7 Å². The maximum absolute atomic E-state index is 5.36. The van der Waals surface area contributed by atoms with Crippen LogP contribution in [0.3, 0.4) is 0 Å². The quantitative estimate of drug-likeness (QED) is 0.337. The predicted molar refractivity (Wildman–Crippen MR) is 135 cm³/mol. The van der Waals surface area contributed by atoms with Crippen molar-refractivity contribution in [2.24, 2.45) is 0 Å². The molecule has 0 radical (unpaired) electrons. The fourth-order valence-corrected chi connectivity index (χ4v) is 5.44. The minimum atomic E-state index is 0.328. The fourth-order valence-electron chi connectivity index (χ4n) is 4.27. The molecule has 0 saturated heterocycles. The van der Waals surface area contributed by atoms with Crippen LogP contribution in [0.5, 0.6) is 11.5 Å². The standard InChI is InChI=1S/C28H26N2O2S/c1-31-23-12-8-19(9-13-23)16-22-17-33-18-25-26(20-10-14-24(32-2)15-11-20)29-28(30-27(22)25)21-6-4-3-5-7-21/h3-15,22H,16-18H2,1-2H3. The smallest absolute Gasteiger partial charge is 0.160 e. The van der Waals surface area contributed by atoms with Gasteiger partial charge in [0.15, 0.2) is 5.82 Å². The number of ether oxygens (including phenoxy) is 2. The minimum Gasteiger partial charge on any atom is -0.497 e. The van der Waals surface area contributed by atoms with Crippen molar-refractivity contribution in [3.8, 4) is 34.1 Å². The van der Waals surface area contributed by atoms with Gasteiger partial charge in [0.2, 0.25) is 0 Å². The van der Waals surface area contributed by atoms with Gasteiger partial charge < -0.3 is 9.47 Å². The molecular weight excluding hydrogens is 428 g/mol. The number of aromatic nitrogens is 2. The summed E-state index contributed by atoms with van der Waals surface area (Å²) >= 11 is 1.96. The van der Waals surface area contributed by atoms with Crippen LogP contribution in [-0.4, -0.2) is 29.9 Å². The molecule has 4 nitrogen and oxygen atoms in total. The largest absolute Gasteiger partial charge is 0.497 e. The van der Waals surface area contributed by atoms with E-state index in [1.165, 1.54) is 16.8 Å². The molecule has 1 unspecified atom stereocenters. The number of nitrogens with zero attached hydrogens (tertiary/aromatic N) is 2. The van der Waals surface area contributed by atoms with E-state index in [4.69, 9.17) is 19.4 Å². The van der Waals surface area contributed by atoms with E-state index in [2.05, 4.69) is 36.4 Å². The highest BCUT2D eigenvalue weighted by molar-refractivity contribution is 7.98. The molecule has 3 aromatic carbocycles. The van der Waals surface area contributed by atoms with Gasteiger partial charge in [-0.3, -0.25) is 0 Å². The molecule has 0 amide bonds. The van der Waals surface area contributed by atoms with E-state index in [1.54, 1.807) is 14.2 Å². The summed E-state index contributed by atoms with van der Waals surface area (Å²) in [6.45, 7) is 0. The first kappa shape index (κ1) is 21.5. The van der Waals surface area contributed by atoms with Crippen molar-refractivity contribution in [3.05, 3.63) is 95.7 Å². The average molecular weight is 455 g/mol. The van der Waals surface area contributed by atoms with Crippen LogP contribution in [0.15, 0.2) is 78.9 Å². The Bertz CT molecular complexity index is 1230. The normalized spacial score (nSPS) is 15.0. The van der Waals surface area contributed by atoms with Gasteiger partial charge >= 0.3 is 0 Å². The molecule has 0 saturated carbocycles. The Balaban J connectivity index is 1.60. The average Bonchev–Trinajstić information content (AvgIpc) is 2.89. The Labute approximate surface area is 199 Å². The van der Waals surface area contributed by atoms with Crippen molar-refractivity contribution in [2.75, 3.05) is 20.0 Å². The van der Waals surface area contributed by atoms with Crippen LogP contribution >= 0.6 is 11.8 Å². The number of methoxy groups -OCH3 is 2. The van der Waals surface area contributed by atoms with E-state index in [-0.39, 0.29) is 0 Å². The molecule has 33 heavy (non-hydrogen) atoms. The second kappa shape index (κ2) is 9.67. The Morgan fingerprint density at radius 3 is 2.12 bits per heavy atom. The Morgan fingerprint density at radius 2 is 1.45 bits per heavy atom. The number of rotatable bonds is 6. The highest BCUT2D eigenvalue weighted by Gasteiger charge is 2.27. The first-order chi connectivity index (χ1) is 16.2. The van der Waals surface area contributed by atoms with Crippen LogP contribution in [0.2, 0.25) is 0 Å². The molecule has 0 aliphatic carbocycles. The van der Waals surface area contributed by atoms with Gasteiger partial charge in [-0.05, 0) is 48.4 Å². The monoisotopic (exact) mass is 454 g/mol. The molecule has 5 rings (SSSR count). The summed E-state index contributed by atoms with van der Waals surface area (Å²) in [5, 5.41) is 0. The van der Waals surface area contributed by atoms with Crippen molar-refractivity contribution in [3.63, 3.8) is 0 Å². The van der Waals surface area contributed by atoms with Crippen LogP contribution in [0.25, 0.3) is 22.6 Å². The molecule has 1 aromatic heterocycles. The number of fused-ring (bicyclic) bond motifs is 1. The van der Waals surface area contributed by atoms with E-state index in [0.717, 1.165) is 52.1 Å². The molecule has 1 aliphatic heterocycles. The highest BCUT2D eigenvalue weighted by Crippen LogP contribution is 2.40. The van der Waals surface area contributed by atoms with Gasteiger partial charge in [-0.15, -0.1) is 0 Å². The summed E-state index contributed by atoms with van der Waals surface area (Å²) in [6.07, 6.45) is 0.942. The van der Waals surface area contributed by atoms with Gasteiger partial charge in [0.05, 0.1) is 25.6 Å². The second-order valence-electron chi connectivity index (χ2n) is 8.12. The predicted octanol–water partition coefficient (Wildman–Crippen LogP) is 6.40. The number of hydrogen-bond acceptors (Lipinski definition) is 5.